The largest absolute Gasteiger partial charge is 0.310 e. The maximum Gasteiger partial charge on any atom is 0.112 e. The number of anilines is 6. The highest BCUT2D eigenvalue weighted by molar-refractivity contribution is 7.00. The molecule has 0 spiro atoms. The second-order valence-corrected chi connectivity index (χ2v) is 23.0. The number of nitrogens with zero attached hydrogens (tertiary/aromatic N) is 2. The predicted molar refractivity (Wildman–Crippen MR) is 266 cm³/mol. The van der Waals surface area contributed by atoms with Gasteiger partial charge in [-0.3, -0.25) is 0 Å². The zero-order chi connectivity index (χ0) is 41.5. The van der Waals surface area contributed by atoms with Gasteiger partial charge in [0.15, 0.2) is 0 Å². The van der Waals surface area contributed by atoms with Crippen LogP contribution in [-0.4, -0.2) is 8.07 Å². The van der Waals surface area contributed by atoms with Crippen LogP contribution in [0.1, 0.15) is 44.2 Å². The molecule has 1 aliphatic heterocycles. The van der Waals surface area contributed by atoms with E-state index in [1.807, 2.05) is 0 Å². The van der Waals surface area contributed by atoms with E-state index < -0.39 is 8.07 Å². The minimum absolute atomic E-state index is 0.0167. The smallest absolute Gasteiger partial charge is 0.112 e. The molecule has 11 rings (SSSR count). The summed E-state index contributed by atoms with van der Waals surface area (Å²) in [5.74, 6) is 0.265. The lowest BCUT2D eigenvalue weighted by molar-refractivity contribution is 0.591. The first kappa shape index (κ1) is 37.3. The Morgan fingerprint density at radius 3 is 1.72 bits per heavy atom. The van der Waals surface area contributed by atoms with Gasteiger partial charge in [-0.2, -0.15) is 0 Å². The Morgan fingerprint density at radius 1 is 0.508 bits per heavy atom. The fourth-order valence-electron chi connectivity index (χ4n) is 10.1. The van der Waals surface area contributed by atoms with Gasteiger partial charge in [0.1, 0.15) is 8.07 Å². The number of allylic oxidation sites excluding steroid dienone is 4. The van der Waals surface area contributed by atoms with Crippen molar-refractivity contribution in [1.82, 2.24) is 0 Å². The second-order valence-electron chi connectivity index (χ2n) is 18.6. The van der Waals surface area contributed by atoms with Crippen LogP contribution in [0.2, 0.25) is 13.1 Å². The fraction of sp³-hybridized carbons (Fsp3) is 0.138. The number of para-hydroxylation sites is 2. The molecule has 0 N–H and O–H groups in total. The van der Waals surface area contributed by atoms with E-state index in [0.29, 0.717) is 0 Å². The van der Waals surface area contributed by atoms with Gasteiger partial charge in [-0.1, -0.05) is 196 Å². The molecule has 2 aliphatic rings. The van der Waals surface area contributed by atoms with Crippen molar-refractivity contribution >= 4 is 84.9 Å². The Kier molecular flexibility index (Phi) is 8.70. The van der Waals surface area contributed by atoms with Crippen molar-refractivity contribution in [3.05, 3.63) is 205 Å². The van der Waals surface area contributed by atoms with Crippen molar-refractivity contribution in [1.29, 1.82) is 0 Å². The molecule has 1 unspecified atom stereocenters. The summed E-state index contributed by atoms with van der Waals surface area (Å²) in [6.45, 7) is 12.0. The molecule has 1 atom stereocenters. The summed E-state index contributed by atoms with van der Waals surface area (Å²) in [7, 11) is -2.23. The van der Waals surface area contributed by atoms with E-state index in [1.54, 1.807) is 0 Å². The van der Waals surface area contributed by atoms with Gasteiger partial charge in [0.05, 0.1) is 17.1 Å². The minimum atomic E-state index is -2.23. The van der Waals surface area contributed by atoms with Gasteiger partial charge in [0.25, 0.3) is 0 Å². The molecule has 0 saturated heterocycles. The van der Waals surface area contributed by atoms with Crippen molar-refractivity contribution in [2.24, 2.45) is 0 Å². The lowest BCUT2D eigenvalue weighted by Gasteiger charge is -2.36. The molecule has 0 saturated carbocycles. The number of benzene rings is 9. The Morgan fingerprint density at radius 2 is 1.10 bits per heavy atom. The topological polar surface area (TPSA) is 6.48 Å². The van der Waals surface area contributed by atoms with E-state index in [2.05, 4.69) is 238 Å². The molecule has 1 heterocycles. The van der Waals surface area contributed by atoms with Crippen LogP contribution in [0.3, 0.4) is 0 Å². The average Bonchev–Trinajstić information content (AvgIpc) is 3.29. The van der Waals surface area contributed by atoms with Crippen molar-refractivity contribution < 1.29 is 0 Å². The summed E-state index contributed by atoms with van der Waals surface area (Å²) in [5, 5.41) is 10.5. The highest BCUT2D eigenvalue weighted by atomic mass is 28.3. The van der Waals surface area contributed by atoms with E-state index >= 15 is 0 Å². The van der Waals surface area contributed by atoms with Gasteiger partial charge in [-0.15, -0.1) is 0 Å². The monoisotopic (exact) mass is 802 g/mol. The summed E-state index contributed by atoms with van der Waals surface area (Å²) in [5.41, 5.74) is 12.2. The van der Waals surface area contributed by atoms with Crippen LogP contribution in [0.25, 0.3) is 43.4 Å². The standard InChI is InChI=1S/C58H50N2Si/c1-58(2,3)43-34-41-30-32-50-54-38-55(51-33-31-42(35-43)56(41)57(50)51)60(53-29-15-13-27-49(53)40-20-10-7-11-21-40)45-23-17-25-47(37-45)61(4,5)46-24-16-22-44(36-46)59(54)52-28-14-12-26-48(52)39-18-8-6-9-19-39/h6-20,22-38,40H,21H2,1-5H3. The lowest BCUT2D eigenvalue weighted by atomic mass is 9.83. The summed E-state index contributed by atoms with van der Waals surface area (Å²) < 4.78 is 0. The number of hydrogen-bond acceptors (Lipinski definition) is 2. The molecule has 0 amide bonds. The highest BCUT2D eigenvalue weighted by Gasteiger charge is 2.32. The zero-order valence-electron chi connectivity index (χ0n) is 35.7. The Bertz CT molecular complexity index is 3180. The van der Waals surface area contributed by atoms with E-state index in [9.17, 15) is 0 Å². The summed E-state index contributed by atoms with van der Waals surface area (Å²) in [6.07, 6.45) is 10.0. The molecular weight excluding hydrogens is 753 g/mol. The maximum atomic E-state index is 2.60. The van der Waals surface area contributed by atoms with E-state index in [4.69, 9.17) is 0 Å². The number of rotatable bonds is 4. The summed E-state index contributed by atoms with van der Waals surface area (Å²) in [6, 6.07) is 64.9. The van der Waals surface area contributed by atoms with Crippen LogP contribution in [0.15, 0.2) is 194 Å². The van der Waals surface area contributed by atoms with Crippen LogP contribution in [0.4, 0.5) is 34.1 Å². The van der Waals surface area contributed by atoms with E-state index in [1.165, 1.54) is 87.7 Å². The second kappa shape index (κ2) is 14.2. The average molecular weight is 803 g/mol. The molecule has 3 heteroatoms. The van der Waals surface area contributed by atoms with E-state index in [0.717, 1.165) is 17.8 Å². The lowest BCUT2D eigenvalue weighted by Crippen LogP contribution is -2.53. The van der Waals surface area contributed by atoms with Crippen molar-refractivity contribution in [2.45, 2.75) is 51.6 Å². The summed E-state index contributed by atoms with van der Waals surface area (Å²) >= 11 is 0. The number of fused-ring (bicyclic) bond motifs is 8. The maximum absolute atomic E-state index is 2.60. The van der Waals surface area contributed by atoms with Crippen LogP contribution in [-0.2, 0) is 5.41 Å². The molecule has 9 aromatic rings. The van der Waals surface area contributed by atoms with Crippen LogP contribution < -0.4 is 20.2 Å². The molecular formula is C58H50N2Si. The van der Waals surface area contributed by atoms with Crippen molar-refractivity contribution in [2.75, 3.05) is 9.80 Å². The predicted octanol–water partition coefficient (Wildman–Crippen LogP) is 15.2. The number of hydrogen-bond donors (Lipinski definition) is 0. The van der Waals surface area contributed by atoms with Gasteiger partial charge >= 0.3 is 0 Å². The molecule has 1 aliphatic carbocycles. The molecule has 9 aromatic carbocycles. The SMILES string of the molecule is CC(C)(C)c1cc2ccc3c4cc(c5ccc(c1)c2c35)N(c1ccccc1C1C=CC=CC1)c1cccc(c1)[Si](C)(C)c1cccc(c1)N4c1ccccc1-c1ccccc1. The van der Waals surface area contributed by atoms with Crippen LogP contribution in [0, 0.1) is 0 Å². The first-order chi connectivity index (χ1) is 29.6. The first-order valence-corrected chi connectivity index (χ1v) is 24.8. The van der Waals surface area contributed by atoms with E-state index in [-0.39, 0.29) is 11.3 Å². The summed E-state index contributed by atoms with van der Waals surface area (Å²) in [4.78, 5) is 5.17. The molecule has 61 heavy (non-hydrogen) atoms. The van der Waals surface area contributed by atoms with Gasteiger partial charge in [0.2, 0.25) is 0 Å². The van der Waals surface area contributed by atoms with Crippen LogP contribution >= 0.6 is 0 Å². The zero-order valence-corrected chi connectivity index (χ0v) is 36.7. The van der Waals surface area contributed by atoms with Crippen molar-refractivity contribution in [3.63, 3.8) is 0 Å². The Labute approximate surface area is 361 Å². The molecule has 6 bridgehead atoms. The normalized spacial score (nSPS) is 16.0. The molecule has 296 valence electrons. The van der Waals surface area contributed by atoms with Gasteiger partial charge in [-0.25, -0.2) is 0 Å². The van der Waals surface area contributed by atoms with Crippen molar-refractivity contribution in [3.8, 4) is 11.1 Å². The third-order valence-electron chi connectivity index (χ3n) is 13.5. The van der Waals surface area contributed by atoms with Gasteiger partial charge in [0, 0.05) is 44.7 Å². The molecule has 0 fully saturated rings. The van der Waals surface area contributed by atoms with Crippen LogP contribution in [0.5, 0.6) is 0 Å². The molecule has 0 radical (unpaired) electrons. The third kappa shape index (κ3) is 6.13. The third-order valence-corrected chi connectivity index (χ3v) is 17.0. The Hall–Kier alpha value is -6.68. The minimum Gasteiger partial charge on any atom is -0.310 e. The first-order valence-electron chi connectivity index (χ1n) is 21.8. The highest BCUT2D eigenvalue weighted by Crippen LogP contribution is 2.52. The Balaban J connectivity index is 1.33. The molecule has 2 nitrogen and oxygen atoms in total. The molecule has 0 aromatic heterocycles. The van der Waals surface area contributed by atoms with Gasteiger partial charge < -0.3 is 9.80 Å². The fourth-order valence-corrected chi connectivity index (χ4v) is 12.5. The quantitative estimate of drug-likeness (QED) is 0.129. The van der Waals surface area contributed by atoms with Gasteiger partial charge in [-0.05, 0) is 87.1 Å².